The second kappa shape index (κ2) is 30.9. The van der Waals surface area contributed by atoms with Gasteiger partial charge in [0.1, 0.15) is 23.4 Å². The molecule has 10 nitrogen and oxygen atoms in total. The Morgan fingerprint density at radius 3 is 1.57 bits per heavy atom. The molecule has 0 spiro atoms. The van der Waals surface area contributed by atoms with Crippen molar-refractivity contribution in [2.45, 2.75) is 160 Å². The minimum absolute atomic E-state index is 0.135. The van der Waals surface area contributed by atoms with E-state index in [-0.39, 0.29) is 24.6 Å². The predicted octanol–water partition coefficient (Wildman–Crippen LogP) is 10.6. The molecule has 1 unspecified atom stereocenters. The Morgan fingerprint density at radius 2 is 1.00 bits per heavy atom. The van der Waals surface area contributed by atoms with Crippen molar-refractivity contribution in [3.8, 4) is 17.2 Å². The van der Waals surface area contributed by atoms with Crippen LogP contribution in [0.1, 0.15) is 158 Å². The van der Waals surface area contributed by atoms with Crippen molar-refractivity contribution in [1.82, 2.24) is 0 Å². The number of aliphatic hydroxyl groups excluding tert-OH is 1. The van der Waals surface area contributed by atoms with E-state index < -0.39 is 5.97 Å². The molecule has 326 valence electrons. The molecule has 2 aliphatic rings. The SMILES string of the molecule is O=C(Oc1ccc(OCCCCCCCCCCCOCC2CO2)cc1)c1ccc(OC(=O)C2CCC(OCCCCCCCCCCCOCCCO)CC2)cc1. The van der Waals surface area contributed by atoms with Crippen LogP contribution in [-0.2, 0) is 23.7 Å². The number of epoxide rings is 1. The van der Waals surface area contributed by atoms with Gasteiger partial charge in [-0.25, -0.2) is 4.79 Å². The number of hydrogen-bond acceptors (Lipinski definition) is 10. The van der Waals surface area contributed by atoms with Gasteiger partial charge in [-0.1, -0.05) is 89.9 Å². The Hall–Kier alpha value is -3.02. The molecule has 0 radical (unpaired) electrons. The average Bonchev–Trinajstić information content (AvgIpc) is 4.08. The first-order valence-electron chi connectivity index (χ1n) is 22.9. The number of rotatable bonds is 35. The second-order valence-electron chi connectivity index (χ2n) is 16.1. The highest BCUT2D eigenvalue weighted by molar-refractivity contribution is 5.91. The van der Waals surface area contributed by atoms with Crippen LogP contribution < -0.4 is 14.2 Å². The first-order chi connectivity index (χ1) is 28.6. The van der Waals surface area contributed by atoms with Crippen LogP contribution in [0.5, 0.6) is 17.2 Å². The van der Waals surface area contributed by atoms with Crippen molar-refractivity contribution in [1.29, 1.82) is 0 Å². The molecule has 2 fully saturated rings. The molecule has 58 heavy (non-hydrogen) atoms. The number of aliphatic hydroxyl groups is 1. The van der Waals surface area contributed by atoms with Crippen molar-refractivity contribution in [2.75, 3.05) is 52.9 Å². The molecule has 1 heterocycles. The van der Waals surface area contributed by atoms with Crippen LogP contribution in [-0.4, -0.2) is 82.1 Å². The third kappa shape index (κ3) is 22.4. The van der Waals surface area contributed by atoms with Crippen LogP contribution in [0.2, 0.25) is 0 Å². The van der Waals surface area contributed by atoms with Gasteiger partial charge in [0.25, 0.3) is 0 Å². The first kappa shape index (κ1) is 47.7. The van der Waals surface area contributed by atoms with E-state index in [4.69, 9.17) is 38.3 Å². The van der Waals surface area contributed by atoms with Crippen LogP contribution in [0.4, 0.5) is 0 Å². The molecule has 1 saturated carbocycles. The highest BCUT2D eigenvalue weighted by Gasteiger charge is 2.28. The lowest BCUT2D eigenvalue weighted by atomic mass is 9.87. The van der Waals surface area contributed by atoms with Gasteiger partial charge in [0.05, 0.1) is 37.4 Å². The van der Waals surface area contributed by atoms with E-state index in [0.717, 1.165) is 103 Å². The van der Waals surface area contributed by atoms with Gasteiger partial charge in [-0.3, -0.25) is 4.79 Å². The van der Waals surface area contributed by atoms with E-state index in [1.54, 1.807) is 36.4 Å². The van der Waals surface area contributed by atoms with Crippen molar-refractivity contribution in [3.63, 3.8) is 0 Å². The lowest BCUT2D eigenvalue weighted by Gasteiger charge is -2.27. The number of carbonyl (C=O) groups excluding carboxylic acids is 2. The topological polar surface area (TPSA) is 122 Å². The molecular formula is C48H74O10. The van der Waals surface area contributed by atoms with Crippen LogP contribution in [0, 0.1) is 5.92 Å². The normalized spacial score (nSPS) is 17.6. The number of carbonyl (C=O) groups is 2. The van der Waals surface area contributed by atoms with Gasteiger partial charge in [-0.05, 0) is 106 Å². The molecule has 0 amide bonds. The highest BCUT2D eigenvalue weighted by atomic mass is 16.6. The summed E-state index contributed by atoms with van der Waals surface area (Å²) in [5.74, 6) is 0.798. The quantitative estimate of drug-likeness (QED) is 0.0311. The van der Waals surface area contributed by atoms with Crippen molar-refractivity contribution in [3.05, 3.63) is 54.1 Å². The van der Waals surface area contributed by atoms with Gasteiger partial charge in [0.15, 0.2) is 0 Å². The van der Waals surface area contributed by atoms with Crippen LogP contribution in [0.15, 0.2) is 48.5 Å². The number of benzene rings is 2. The maximum absolute atomic E-state index is 12.9. The summed E-state index contributed by atoms with van der Waals surface area (Å²) < 4.78 is 39.5. The molecule has 1 aliphatic heterocycles. The van der Waals surface area contributed by atoms with E-state index >= 15 is 0 Å². The molecule has 1 saturated heterocycles. The van der Waals surface area contributed by atoms with E-state index in [1.807, 2.05) is 12.1 Å². The van der Waals surface area contributed by atoms with Gasteiger partial charge in [-0.2, -0.15) is 0 Å². The molecule has 1 aliphatic carbocycles. The number of hydrogen-bond donors (Lipinski definition) is 1. The summed E-state index contributed by atoms with van der Waals surface area (Å²) >= 11 is 0. The van der Waals surface area contributed by atoms with Gasteiger partial charge >= 0.3 is 11.9 Å². The lowest BCUT2D eigenvalue weighted by Crippen LogP contribution is -2.29. The summed E-state index contributed by atoms with van der Waals surface area (Å²) in [5.41, 5.74) is 0.381. The van der Waals surface area contributed by atoms with E-state index in [1.165, 1.54) is 83.5 Å². The van der Waals surface area contributed by atoms with Crippen molar-refractivity contribution in [2.24, 2.45) is 5.92 Å². The summed E-state index contributed by atoms with van der Waals surface area (Å²) in [6.45, 7) is 5.64. The summed E-state index contributed by atoms with van der Waals surface area (Å²) in [5, 5.41) is 8.75. The average molecular weight is 811 g/mol. The standard InChI is InChI=1S/C48H74O10/c49-32-19-35-52-33-15-11-7-3-1-5-9-13-17-36-54-42-24-20-40(21-25-42)47(50)57-44-26-22-41(23-27-44)48(51)58-45-30-28-43(29-31-45)55-37-18-14-10-6-2-4-8-12-16-34-53-38-46-39-56-46/h22-23,26-31,40,42,46,49H,1-21,24-25,32-39H2. The van der Waals surface area contributed by atoms with E-state index in [9.17, 15) is 9.59 Å². The van der Waals surface area contributed by atoms with Crippen LogP contribution in [0.25, 0.3) is 0 Å². The van der Waals surface area contributed by atoms with Gasteiger partial charge in [0.2, 0.25) is 0 Å². The highest BCUT2D eigenvalue weighted by Crippen LogP contribution is 2.29. The fraction of sp³-hybridized carbons (Fsp3) is 0.708. The summed E-state index contributed by atoms with van der Waals surface area (Å²) in [7, 11) is 0. The fourth-order valence-corrected chi connectivity index (χ4v) is 7.27. The zero-order valence-electron chi connectivity index (χ0n) is 35.4. The van der Waals surface area contributed by atoms with Crippen molar-refractivity contribution >= 4 is 11.9 Å². The summed E-state index contributed by atoms with van der Waals surface area (Å²) in [4.78, 5) is 25.7. The summed E-state index contributed by atoms with van der Waals surface area (Å²) in [6, 6.07) is 13.7. The summed E-state index contributed by atoms with van der Waals surface area (Å²) in [6.07, 6.45) is 26.6. The van der Waals surface area contributed by atoms with Crippen molar-refractivity contribution < 1.29 is 47.9 Å². The van der Waals surface area contributed by atoms with Crippen LogP contribution >= 0.6 is 0 Å². The van der Waals surface area contributed by atoms with Gasteiger partial charge < -0.3 is 38.3 Å². The Balaban J connectivity index is 0.951. The largest absolute Gasteiger partial charge is 0.494 e. The Kier molecular flexibility index (Phi) is 25.4. The fourth-order valence-electron chi connectivity index (χ4n) is 7.27. The zero-order valence-corrected chi connectivity index (χ0v) is 35.4. The third-order valence-electron chi connectivity index (χ3n) is 11.0. The Bertz CT molecular complexity index is 1320. The molecule has 4 rings (SSSR count). The van der Waals surface area contributed by atoms with E-state index in [0.29, 0.717) is 36.4 Å². The molecule has 1 N–H and O–H groups in total. The minimum atomic E-state index is -0.474. The Morgan fingerprint density at radius 1 is 0.534 bits per heavy atom. The minimum Gasteiger partial charge on any atom is -0.494 e. The molecule has 10 heteroatoms. The number of ether oxygens (including phenoxy) is 7. The lowest BCUT2D eigenvalue weighted by molar-refractivity contribution is -0.141. The first-order valence-corrected chi connectivity index (χ1v) is 22.9. The zero-order chi connectivity index (χ0) is 40.7. The smallest absolute Gasteiger partial charge is 0.343 e. The molecule has 2 aromatic carbocycles. The molecule has 0 bridgehead atoms. The molecule has 0 aromatic heterocycles. The number of unbranched alkanes of at least 4 members (excludes halogenated alkanes) is 16. The monoisotopic (exact) mass is 811 g/mol. The third-order valence-corrected chi connectivity index (χ3v) is 11.0. The van der Waals surface area contributed by atoms with E-state index in [2.05, 4.69) is 0 Å². The maximum Gasteiger partial charge on any atom is 0.343 e. The van der Waals surface area contributed by atoms with Gasteiger partial charge in [-0.15, -0.1) is 0 Å². The molecular weight excluding hydrogens is 737 g/mol. The molecule has 2 aromatic rings. The number of esters is 2. The van der Waals surface area contributed by atoms with Crippen LogP contribution in [0.3, 0.4) is 0 Å². The Labute approximate surface area is 349 Å². The van der Waals surface area contributed by atoms with Gasteiger partial charge in [0, 0.05) is 33.0 Å². The maximum atomic E-state index is 12.9. The predicted molar refractivity (Wildman–Crippen MR) is 227 cm³/mol. The second-order valence-corrected chi connectivity index (χ2v) is 16.1. The molecule has 1 atom stereocenters.